The van der Waals surface area contributed by atoms with Crippen molar-refractivity contribution >= 4 is 0 Å². The van der Waals surface area contributed by atoms with E-state index in [4.69, 9.17) is 4.74 Å². The van der Waals surface area contributed by atoms with Crippen LogP contribution in [-0.4, -0.2) is 17.3 Å². The van der Waals surface area contributed by atoms with E-state index in [9.17, 15) is 9.50 Å². The molecule has 78 valence electrons. The molecule has 1 aromatic carbocycles. The number of ether oxygens (including phenoxy) is 1. The Bertz CT molecular complexity index is 310. The van der Waals surface area contributed by atoms with Gasteiger partial charge < -0.3 is 9.84 Å². The number of halogens is 1. The van der Waals surface area contributed by atoms with Gasteiger partial charge in [-0.2, -0.15) is 0 Å². The van der Waals surface area contributed by atoms with Gasteiger partial charge in [-0.15, -0.1) is 0 Å². The summed E-state index contributed by atoms with van der Waals surface area (Å²) in [7, 11) is 0. The average Bonchev–Trinajstić information content (AvgIpc) is 2.11. The van der Waals surface area contributed by atoms with E-state index in [0.29, 0.717) is 11.3 Å². The molecule has 0 heterocycles. The minimum Gasteiger partial charge on any atom is -0.488 e. The van der Waals surface area contributed by atoms with Crippen LogP contribution in [0.4, 0.5) is 4.39 Å². The molecule has 0 amide bonds. The van der Waals surface area contributed by atoms with Gasteiger partial charge in [0.2, 0.25) is 0 Å². The molecular formula is C11H15FO2. The van der Waals surface area contributed by atoms with Crippen LogP contribution in [0.3, 0.4) is 0 Å². The summed E-state index contributed by atoms with van der Waals surface area (Å²) in [6.07, 6.45) is -0.906. The van der Waals surface area contributed by atoms with Crippen molar-refractivity contribution in [1.29, 1.82) is 0 Å². The highest BCUT2D eigenvalue weighted by Gasteiger charge is 2.10. The van der Waals surface area contributed by atoms with Gasteiger partial charge in [-0.1, -0.05) is 6.07 Å². The molecule has 0 aliphatic heterocycles. The first-order valence-corrected chi connectivity index (χ1v) is 4.61. The minimum atomic E-state index is -0.570. The summed E-state index contributed by atoms with van der Waals surface area (Å²) in [6, 6.07) is 4.67. The lowest BCUT2D eigenvalue weighted by Gasteiger charge is -2.17. The Morgan fingerprint density at radius 3 is 2.50 bits per heavy atom. The van der Waals surface area contributed by atoms with E-state index >= 15 is 0 Å². The minimum absolute atomic E-state index is 0.291. The van der Waals surface area contributed by atoms with Gasteiger partial charge in [-0.05, 0) is 32.4 Å². The zero-order chi connectivity index (χ0) is 10.7. The molecule has 0 spiro atoms. The normalized spacial score (nSPS) is 14.9. The van der Waals surface area contributed by atoms with Gasteiger partial charge in [0.1, 0.15) is 17.7 Å². The van der Waals surface area contributed by atoms with Gasteiger partial charge in [0.25, 0.3) is 0 Å². The van der Waals surface area contributed by atoms with Crippen LogP contribution in [0.5, 0.6) is 5.75 Å². The van der Waals surface area contributed by atoms with Gasteiger partial charge in [0.05, 0.1) is 6.10 Å². The number of hydrogen-bond acceptors (Lipinski definition) is 2. The largest absolute Gasteiger partial charge is 0.488 e. The van der Waals surface area contributed by atoms with Crippen LogP contribution in [-0.2, 0) is 0 Å². The number of rotatable bonds is 3. The molecule has 0 aromatic heterocycles. The standard InChI is InChI=1S/C11H15FO2/c1-7-4-5-10(6-11(7)12)14-9(3)8(2)13/h4-6,8-9,13H,1-3H3. The van der Waals surface area contributed by atoms with E-state index in [-0.39, 0.29) is 11.9 Å². The van der Waals surface area contributed by atoms with E-state index in [0.717, 1.165) is 0 Å². The van der Waals surface area contributed by atoms with Crippen molar-refractivity contribution in [3.63, 3.8) is 0 Å². The highest BCUT2D eigenvalue weighted by Crippen LogP contribution is 2.17. The molecule has 0 aliphatic carbocycles. The van der Waals surface area contributed by atoms with E-state index in [2.05, 4.69) is 0 Å². The third-order valence-electron chi connectivity index (χ3n) is 2.14. The predicted octanol–water partition coefficient (Wildman–Crippen LogP) is 2.28. The van der Waals surface area contributed by atoms with Crippen molar-refractivity contribution in [3.8, 4) is 5.75 Å². The molecule has 0 fully saturated rings. The van der Waals surface area contributed by atoms with Crippen LogP contribution in [0.25, 0.3) is 0 Å². The Kier molecular flexibility index (Phi) is 3.47. The van der Waals surface area contributed by atoms with E-state index < -0.39 is 6.10 Å². The summed E-state index contributed by atoms with van der Waals surface area (Å²) in [5.74, 6) is 0.154. The zero-order valence-corrected chi connectivity index (χ0v) is 8.62. The van der Waals surface area contributed by atoms with Crippen molar-refractivity contribution in [1.82, 2.24) is 0 Å². The Hall–Kier alpha value is -1.09. The average molecular weight is 198 g/mol. The molecule has 2 nitrogen and oxygen atoms in total. The molecule has 0 bridgehead atoms. The zero-order valence-electron chi connectivity index (χ0n) is 8.62. The predicted molar refractivity (Wildman–Crippen MR) is 52.9 cm³/mol. The Morgan fingerprint density at radius 1 is 1.36 bits per heavy atom. The van der Waals surface area contributed by atoms with Gasteiger partial charge in [0, 0.05) is 6.07 Å². The maximum atomic E-state index is 13.1. The second kappa shape index (κ2) is 4.42. The lowest BCUT2D eigenvalue weighted by atomic mass is 10.2. The number of aliphatic hydroxyl groups excluding tert-OH is 1. The SMILES string of the molecule is Cc1ccc(OC(C)C(C)O)cc1F. The quantitative estimate of drug-likeness (QED) is 0.807. The molecule has 0 aliphatic rings. The fourth-order valence-corrected chi connectivity index (χ4v) is 0.960. The summed E-state index contributed by atoms with van der Waals surface area (Å²) in [4.78, 5) is 0. The van der Waals surface area contributed by atoms with Crippen LogP contribution in [0, 0.1) is 12.7 Å². The van der Waals surface area contributed by atoms with Crippen molar-refractivity contribution in [3.05, 3.63) is 29.6 Å². The molecule has 2 atom stereocenters. The smallest absolute Gasteiger partial charge is 0.129 e. The summed E-state index contributed by atoms with van der Waals surface area (Å²) in [5.41, 5.74) is 0.585. The molecule has 1 aromatic rings. The van der Waals surface area contributed by atoms with Crippen LogP contribution >= 0.6 is 0 Å². The number of benzene rings is 1. The molecular weight excluding hydrogens is 183 g/mol. The number of hydrogen-bond donors (Lipinski definition) is 1. The monoisotopic (exact) mass is 198 g/mol. The highest BCUT2D eigenvalue weighted by molar-refractivity contribution is 5.28. The van der Waals surface area contributed by atoms with Gasteiger partial charge in [-0.3, -0.25) is 0 Å². The summed E-state index contributed by atoms with van der Waals surface area (Å²) >= 11 is 0. The first-order valence-electron chi connectivity index (χ1n) is 4.61. The van der Waals surface area contributed by atoms with Crippen LogP contribution in [0.15, 0.2) is 18.2 Å². The third-order valence-corrected chi connectivity index (χ3v) is 2.14. The topological polar surface area (TPSA) is 29.5 Å². The molecule has 14 heavy (non-hydrogen) atoms. The van der Waals surface area contributed by atoms with E-state index in [1.54, 1.807) is 32.9 Å². The first kappa shape index (κ1) is 11.0. The van der Waals surface area contributed by atoms with Crippen LogP contribution in [0.1, 0.15) is 19.4 Å². The Labute approximate surface area is 83.3 Å². The van der Waals surface area contributed by atoms with Gasteiger partial charge >= 0.3 is 0 Å². The summed E-state index contributed by atoms with van der Waals surface area (Å²) in [5, 5.41) is 9.19. The molecule has 0 radical (unpaired) electrons. The Morgan fingerprint density at radius 2 is 2.00 bits per heavy atom. The third kappa shape index (κ3) is 2.70. The number of aliphatic hydroxyl groups is 1. The molecule has 3 heteroatoms. The van der Waals surface area contributed by atoms with Gasteiger partial charge in [-0.25, -0.2) is 4.39 Å². The molecule has 1 rings (SSSR count). The van der Waals surface area contributed by atoms with Crippen LogP contribution in [0.2, 0.25) is 0 Å². The maximum absolute atomic E-state index is 13.1. The molecule has 1 N–H and O–H groups in total. The number of aryl methyl sites for hydroxylation is 1. The maximum Gasteiger partial charge on any atom is 0.129 e. The molecule has 2 unspecified atom stereocenters. The molecule has 0 saturated carbocycles. The summed E-state index contributed by atoms with van der Waals surface area (Å²) < 4.78 is 18.4. The van der Waals surface area contributed by atoms with E-state index in [1.165, 1.54) is 6.07 Å². The van der Waals surface area contributed by atoms with Crippen molar-refractivity contribution in [2.75, 3.05) is 0 Å². The van der Waals surface area contributed by atoms with Crippen molar-refractivity contribution in [2.45, 2.75) is 33.0 Å². The van der Waals surface area contributed by atoms with Crippen LogP contribution < -0.4 is 4.74 Å². The van der Waals surface area contributed by atoms with Crippen molar-refractivity contribution in [2.24, 2.45) is 0 Å². The summed E-state index contributed by atoms with van der Waals surface area (Å²) in [6.45, 7) is 5.06. The molecule has 0 saturated heterocycles. The van der Waals surface area contributed by atoms with Gasteiger partial charge in [0.15, 0.2) is 0 Å². The highest BCUT2D eigenvalue weighted by atomic mass is 19.1. The first-order chi connectivity index (χ1) is 6.50. The Balaban J connectivity index is 2.73. The fraction of sp³-hybridized carbons (Fsp3) is 0.455. The van der Waals surface area contributed by atoms with E-state index in [1.807, 2.05) is 0 Å². The van der Waals surface area contributed by atoms with Crippen molar-refractivity contribution < 1.29 is 14.2 Å². The lowest BCUT2D eigenvalue weighted by Crippen LogP contribution is -2.25. The second-order valence-corrected chi connectivity index (χ2v) is 3.47. The lowest BCUT2D eigenvalue weighted by molar-refractivity contribution is 0.0602. The second-order valence-electron chi connectivity index (χ2n) is 3.47. The fourth-order valence-electron chi connectivity index (χ4n) is 0.960.